The van der Waals surface area contributed by atoms with E-state index in [1.54, 1.807) is 0 Å². The molecule has 1 aliphatic heterocycles. The van der Waals surface area contributed by atoms with E-state index in [2.05, 4.69) is 20.8 Å². The SMILES string of the molecule is CN(C/C=C/C(=O)N1CC2(C)CC1CC(C)(C)C2)CC(F)(F)F. The normalized spacial score (nSPS) is 30.4. The lowest BCUT2D eigenvalue weighted by Crippen LogP contribution is -2.37. The zero-order chi connectivity index (χ0) is 17.5. The van der Waals surface area contributed by atoms with Gasteiger partial charge in [-0.25, -0.2) is 0 Å². The van der Waals surface area contributed by atoms with Gasteiger partial charge in [0, 0.05) is 25.2 Å². The molecule has 1 aliphatic carbocycles. The van der Waals surface area contributed by atoms with E-state index in [1.165, 1.54) is 19.2 Å². The molecule has 0 spiro atoms. The van der Waals surface area contributed by atoms with Crippen LogP contribution < -0.4 is 0 Å². The van der Waals surface area contributed by atoms with Gasteiger partial charge >= 0.3 is 6.18 Å². The lowest BCUT2D eigenvalue weighted by atomic mass is 9.65. The van der Waals surface area contributed by atoms with Crippen LogP contribution in [0.3, 0.4) is 0 Å². The van der Waals surface area contributed by atoms with E-state index >= 15 is 0 Å². The van der Waals surface area contributed by atoms with E-state index in [-0.39, 0.29) is 29.3 Å². The molecule has 1 heterocycles. The number of rotatable bonds is 4. The lowest BCUT2D eigenvalue weighted by molar-refractivity contribution is -0.141. The van der Waals surface area contributed by atoms with Gasteiger partial charge in [-0.2, -0.15) is 13.2 Å². The third kappa shape index (κ3) is 4.96. The Labute approximate surface area is 136 Å². The third-order valence-corrected chi connectivity index (χ3v) is 4.82. The highest BCUT2D eigenvalue weighted by molar-refractivity contribution is 5.88. The quantitative estimate of drug-likeness (QED) is 0.736. The molecule has 2 fully saturated rings. The average Bonchev–Trinajstić information content (AvgIpc) is 2.56. The van der Waals surface area contributed by atoms with Gasteiger partial charge in [-0.05, 0) is 37.1 Å². The number of carbonyl (C=O) groups excluding carboxylic acids is 1. The predicted octanol–water partition coefficient (Wildman–Crippen LogP) is 3.46. The molecule has 2 bridgehead atoms. The number of fused-ring (bicyclic) bond motifs is 2. The smallest absolute Gasteiger partial charge is 0.336 e. The van der Waals surface area contributed by atoms with Gasteiger partial charge in [-0.1, -0.05) is 26.8 Å². The highest BCUT2D eigenvalue weighted by Gasteiger charge is 2.50. The molecular formula is C17H27F3N2O. The molecule has 0 radical (unpaired) electrons. The molecule has 0 aromatic heterocycles. The second-order valence-electron chi connectivity index (χ2n) is 8.39. The minimum atomic E-state index is -4.21. The topological polar surface area (TPSA) is 23.6 Å². The van der Waals surface area contributed by atoms with Gasteiger partial charge in [0.1, 0.15) is 0 Å². The Hall–Kier alpha value is -1.04. The lowest BCUT2D eigenvalue weighted by Gasteiger charge is -2.39. The summed E-state index contributed by atoms with van der Waals surface area (Å²) in [5.74, 6) is -0.0724. The number of likely N-dealkylation sites (tertiary alicyclic amines) is 1. The number of alkyl halides is 3. The summed E-state index contributed by atoms with van der Waals surface area (Å²) in [5.41, 5.74) is 0.409. The Morgan fingerprint density at radius 1 is 1.30 bits per heavy atom. The maximum atomic E-state index is 12.4. The number of amides is 1. The van der Waals surface area contributed by atoms with E-state index < -0.39 is 12.7 Å². The molecule has 2 aliphatic rings. The van der Waals surface area contributed by atoms with Crippen LogP contribution in [-0.2, 0) is 4.79 Å². The zero-order valence-corrected chi connectivity index (χ0v) is 14.4. The highest BCUT2D eigenvalue weighted by atomic mass is 19.4. The molecule has 1 saturated carbocycles. The van der Waals surface area contributed by atoms with Crippen molar-refractivity contribution in [1.82, 2.24) is 9.80 Å². The van der Waals surface area contributed by atoms with Crippen LogP contribution in [0.25, 0.3) is 0 Å². The molecule has 6 heteroatoms. The molecule has 1 saturated heterocycles. The van der Waals surface area contributed by atoms with Crippen molar-refractivity contribution in [1.29, 1.82) is 0 Å². The fourth-order valence-corrected chi connectivity index (χ4v) is 4.52. The molecule has 3 nitrogen and oxygen atoms in total. The second kappa shape index (κ2) is 6.11. The average molecular weight is 332 g/mol. The van der Waals surface area contributed by atoms with Crippen molar-refractivity contribution in [3.8, 4) is 0 Å². The largest absolute Gasteiger partial charge is 0.401 e. The van der Waals surface area contributed by atoms with Crippen molar-refractivity contribution in [2.24, 2.45) is 10.8 Å². The summed E-state index contributed by atoms with van der Waals surface area (Å²) >= 11 is 0. The van der Waals surface area contributed by atoms with E-state index in [1.807, 2.05) is 4.90 Å². The molecule has 2 unspecified atom stereocenters. The zero-order valence-electron chi connectivity index (χ0n) is 14.4. The Morgan fingerprint density at radius 2 is 1.96 bits per heavy atom. The van der Waals surface area contributed by atoms with Crippen LogP contribution in [0.1, 0.15) is 40.0 Å². The maximum Gasteiger partial charge on any atom is 0.401 e. The molecule has 0 aromatic rings. The van der Waals surface area contributed by atoms with Gasteiger partial charge in [0.25, 0.3) is 0 Å². The van der Waals surface area contributed by atoms with Crippen LogP contribution in [0.5, 0.6) is 0 Å². The Morgan fingerprint density at radius 3 is 2.57 bits per heavy atom. The first-order valence-corrected chi connectivity index (χ1v) is 8.12. The molecule has 2 rings (SSSR count). The predicted molar refractivity (Wildman–Crippen MR) is 83.9 cm³/mol. The van der Waals surface area contributed by atoms with Gasteiger partial charge in [0.2, 0.25) is 5.91 Å². The highest BCUT2D eigenvalue weighted by Crippen LogP contribution is 2.52. The van der Waals surface area contributed by atoms with Crippen molar-refractivity contribution in [2.45, 2.75) is 52.3 Å². The van der Waals surface area contributed by atoms with Crippen molar-refractivity contribution in [3.05, 3.63) is 12.2 Å². The molecule has 23 heavy (non-hydrogen) atoms. The minimum Gasteiger partial charge on any atom is -0.336 e. The van der Waals surface area contributed by atoms with Crippen LogP contribution in [0.4, 0.5) is 13.2 Å². The number of likely N-dealkylation sites (N-methyl/N-ethyl adjacent to an activating group) is 1. The number of halogens is 3. The molecule has 2 atom stereocenters. The monoisotopic (exact) mass is 332 g/mol. The first-order valence-electron chi connectivity index (χ1n) is 8.12. The van der Waals surface area contributed by atoms with Gasteiger partial charge in [-0.15, -0.1) is 0 Å². The van der Waals surface area contributed by atoms with Crippen molar-refractivity contribution < 1.29 is 18.0 Å². The van der Waals surface area contributed by atoms with Crippen LogP contribution in [0.2, 0.25) is 0 Å². The van der Waals surface area contributed by atoms with Crippen LogP contribution in [0, 0.1) is 10.8 Å². The van der Waals surface area contributed by atoms with Crippen molar-refractivity contribution >= 4 is 5.91 Å². The maximum absolute atomic E-state index is 12.4. The summed E-state index contributed by atoms with van der Waals surface area (Å²) in [4.78, 5) is 15.5. The number of hydrogen-bond donors (Lipinski definition) is 0. The molecule has 0 aromatic carbocycles. The van der Waals surface area contributed by atoms with E-state index in [4.69, 9.17) is 0 Å². The van der Waals surface area contributed by atoms with Crippen LogP contribution in [0.15, 0.2) is 12.2 Å². The van der Waals surface area contributed by atoms with Crippen molar-refractivity contribution in [3.63, 3.8) is 0 Å². The summed E-state index contributed by atoms with van der Waals surface area (Å²) in [6.07, 6.45) is 1.89. The second-order valence-corrected chi connectivity index (χ2v) is 8.39. The fourth-order valence-electron chi connectivity index (χ4n) is 4.52. The first kappa shape index (κ1) is 18.3. The summed E-state index contributed by atoms with van der Waals surface area (Å²) in [6.45, 7) is 6.62. The number of carbonyl (C=O) groups is 1. The standard InChI is InChI=1S/C17H27F3N2O/c1-15(2)8-13-9-16(3,10-15)11-22(13)14(23)6-5-7-21(4)12-17(18,19)20/h5-6,13H,7-12H2,1-4H3/b6-5+. The van der Waals surface area contributed by atoms with Gasteiger partial charge < -0.3 is 4.90 Å². The minimum absolute atomic E-state index is 0.0724. The number of hydrogen-bond acceptors (Lipinski definition) is 2. The third-order valence-electron chi connectivity index (χ3n) is 4.82. The fraction of sp³-hybridized carbons (Fsp3) is 0.824. The van der Waals surface area contributed by atoms with Gasteiger partial charge in [0.15, 0.2) is 0 Å². The molecule has 1 amide bonds. The molecule has 0 N–H and O–H groups in total. The molecule has 132 valence electrons. The summed E-state index contributed by atoms with van der Waals surface area (Å²) < 4.78 is 36.8. The van der Waals surface area contributed by atoms with Crippen LogP contribution in [-0.4, -0.2) is 54.6 Å². The number of nitrogens with zero attached hydrogens (tertiary/aromatic N) is 2. The van der Waals surface area contributed by atoms with Gasteiger partial charge in [0.05, 0.1) is 6.54 Å². The summed E-state index contributed by atoms with van der Waals surface area (Å²) in [5, 5.41) is 0. The van der Waals surface area contributed by atoms with Crippen LogP contribution >= 0.6 is 0 Å². The Kier molecular flexibility index (Phi) is 4.86. The Bertz CT molecular complexity index is 487. The summed E-state index contributed by atoms with van der Waals surface area (Å²) in [7, 11) is 1.40. The van der Waals surface area contributed by atoms with E-state index in [0.717, 1.165) is 30.7 Å². The van der Waals surface area contributed by atoms with E-state index in [9.17, 15) is 18.0 Å². The summed E-state index contributed by atoms with van der Waals surface area (Å²) in [6, 6.07) is 0.258. The van der Waals surface area contributed by atoms with Crippen molar-refractivity contribution in [2.75, 3.05) is 26.7 Å². The molecular weight excluding hydrogens is 305 g/mol. The van der Waals surface area contributed by atoms with Gasteiger partial charge in [-0.3, -0.25) is 9.69 Å². The first-order chi connectivity index (χ1) is 10.4. The Balaban J connectivity index is 1.91. The van der Waals surface area contributed by atoms with E-state index in [0.29, 0.717) is 0 Å².